The van der Waals surface area contributed by atoms with Crippen LogP contribution in [0.15, 0.2) is 24.3 Å². The molecule has 0 aromatic heterocycles. The van der Waals surface area contributed by atoms with Crippen molar-refractivity contribution in [2.45, 2.75) is 6.92 Å². The van der Waals surface area contributed by atoms with Gasteiger partial charge in [0.05, 0.1) is 11.9 Å². The monoisotopic (exact) mass is 270 g/mol. The largest absolute Gasteiger partial charge is 0.368 e. The fourth-order valence-corrected chi connectivity index (χ4v) is 2.28. The van der Waals surface area contributed by atoms with Crippen LogP contribution in [0.2, 0.25) is 0 Å². The number of Topliss-reactive ketones (excluding diaryl/α,β-unsaturated/α-hetero) is 1. The summed E-state index contributed by atoms with van der Waals surface area (Å²) in [5.74, 6) is -0.960. The normalized spacial score (nSPS) is 11.0. The molecule has 0 aliphatic rings. The van der Waals surface area contributed by atoms with Crippen LogP contribution in [0.1, 0.15) is 17.3 Å². The molecule has 0 atom stereocenters. The highest BCUT2D eigenvalue weighted by Gasteiger charge is 2.20. The zero-order valence-electron chi connectivity index (χ0n) is 10.1. The number of ketones is 1. The summed E-state index contributed by atoms with van der Waals surface area (Å²) in [4.78, 5) is 22.1. The van der Waals surface area contributed by atoms with Gasteiger partial charge in [0, 0.05) is 5.56 Å². The van der Waals surface area contributed by atoms with Crippen molar-refractivity contribution >= 4 is 27.4 Å². The fourth-order valence-electron chi connectivity index (χ4n) is 1.42. The van der Waals surface area contributed by atoms with Gasteiger partial charge >= 0.3 is 0 Å². The second kappa shape index (κ2) is 5.18. The smallest absolute Gasteiger partial charge is 0.238 e. The molecule has 0 radical (unpaired) electrons. The number of hydrogen-bond donors (Lipinski definition) is 1. The highest BCUT2D eigenvalue weighted by Crippen LogP contribution is 2.19. The van der Waals surface area contributed by atoms with Crippen molar-refractivity contribution in [1.29, 1.82) is 0 Å². The standard InChI is InChI=1S/C11H14N2O4S/c1-8(14)9-4-3-5-10(6-9)13(7-11(12)15)18(2,16)17/h3-6H,7H2,1-2H3,(H2,12,15). The molecule has 98 valence electrons. The Labute approximate surface area is 105 Å². The van der Waals surface area contributed by atoms with Crippen molar-refractivity contribution in [1.82, 2.24) is 0 Å². The number of benzene rings is 1. The predicted molar refractivity (Wildman–Crippen MR) is 67.8 cm³/mol. The molecule has 7 heteroatoms. The molecule has 1 aromatic rings. The first-order valence-corrected chi connectivity index (χ1v) is 6.93. The molecule has 0 aliphatic heterocycles. The highest BCUT2D eigenvalue weighted by molar-refractivity contribution is 7.92. The second-order valence-electron chi connectivity index (χ2n) is 3.84. The molecule has 0 fully saturated rings. The van der Waals surface area contributed by atoms with E-state index in [0.717, 1.165) is 10.6 Å². The van der Waals surface area contributed by atoms with E-state index in [1.807, 2.05) is 0 Å². The Kier molecular flexibility index (Phi) is 4.07. The van der Waals surface area contributed by atoms with Crippen LogP contribution >= 0.6 is 0 Å². The van der Waals surface area contributed by atoms with Gasteiger partial charge in [0.2, 0.25) is 15.9 Å². The van der Waals surface area contributed by atoms with Crippen LogP contribution in [-0.4, -0.2) is 32.9 Å². The number of carbonyl (C=O) groups is 2. The topological polar surface area (TPSA) is 97.5 Å². The van der Waals surface area contributed by atoms with Crippen molar-refractivity contribution in [3.05, 3.63) is 29.8 Å². The van der Waals surface area contributed by atoms with E-state index in [2.05, 4.69) is 0 Å². The van der Waals surface area contributed by atoms with E-state index in [1.54, 1.807) is 12.1 Å². The number of nitrogens with two attached hydrogens (primary N) is 1. The molecule has 1 rings (SSSR count). The Bertz CT molecular complexity index is 580. The van der Waals surface area contributed by atoms with Gasteiger partial charge in [0.15, 0.2) is 5.78 Å². The Balaban J connectivity index is 3.25. The van der Waals surface area contributed by atoms with Crippen LogP contribution in [0, 0.1) is 0 Å². The fraction of sp³-hybridized carbons (Fsp3) is 0.273. The molecule has 0 spiro atoms. The Morgan fingerprint density at radius 3 is 2.39 bits per heavy atom. The number of primary amides is 1. The lowest BCUT2D eigenvalue weighted by Crippen LogP contribution is -2.37. The Morgan fingerprint density at radius 2 is 1.94 bits per heavy atom. The molecule has 0 bridgehead atoms. The van der Waals surface area contributed by atoms with Crippen molar-refractivity contribution in [3.8, 4) is 0 Å². The van der Waals surface area contributed by atoms with E-state index in [-0.39, 0.29) is 11.5 Å². The number of amides is 1. The van der Waals surface area contributed by atoms with Crippen LogP contribution in [-0.2, 0) is 14.8 Å². The summed E-state index contributed by atoms with van der Waals surface area (Å²) in [5.41, 5.74) is 5.62. The zero-order chi connectivity index (χ0) is 13.9. The average molecular weight is 270 g/mol. The number of sulfonamides is 1. The van der Waals surface area contributed by atoms with E-state index in [9.17, 15) is 18.0 Å². The van der Waals surface area contributed by atoms with Gasteiger partial charge < -0.3 is 5.73 Å². The van der Waals surface area contributed by atoms with Crippen molar-refractivity contribution in [2.75, 3.05) is 17.1 Å². The van der Waals surface area contributed by atoms with Crippen molar-refractivity contribution in [3.63, 3.8) is 0 Å². The third-order valence-electron chi connectivity index (χ3n) is 2.24. The Morgan fingerprint density at radius 1 is 1.33 bits per heavy atom. The summed E-state index contributed by atoms with van der Waals surface area (Å²) < 4.78 is 24.0. The lowest BCUT2D eigenvalue weighted by atomic mass is 10.1. The lowest BCUT2D eigenvalue weighted by Gasteiger charge is -2.21. The predicted octanol–water partition coefficient (Wildman–Crippen LogP) is 0.141. The second-order valence-corrected chi connectivity index (χ2v) is 5.75. The van der Waals surface area contributed by atoms with Gasteiger partial charge in [-0.15, -0.1) is 0 Å². The van der Waals surface area contributed by atoms with Gasteiger partial charge in [-0.2, -0.15) is 0 Å². The summed E-state index contributed by atoms with van der Waals surface area (Å²) in [6.07, 6.45) is 0.969. The van der Waals surface area contributed by atoms with E-state index in [0.29, 0.717) is 5.56 Å². The molecule has 1 aromatic carbocycles. The summed E-state index contributed by atoms with van der Waals surface area (Å²) in [6.45, 7) is 0.915. The van der Waals surface area contributed by atoms with E-state index >= 15 is 0 Å². The molecular formula is C11H14N2O4S. The molecule has 0 unspecified atom stereocenters. The van der Waals surface area contributed by atoms with Crippen LogP contribution in [0.5, 0.6) is 0 Å². The highest BCUT2D eigenvalue weighted by atomic mass is 32.2. The molecular weight excluding hydrogens is 256 g/mol. The van der Waals surface area contributed by atoms with E-state index < -0.39 is 22.5 Å². The summed E-state index contributed by atoms with van der Waals surface area (Å²) in [5, 5.41) is 0. The minimum atomic E-state index is -3.63. The number of hydrogen-bond acceptors (Lipinski definition) is 4. The molecule has 0 heterocycles. The number of rotatable bonds is 5. The van der Waals surface area contributed by atoms with Gasteiger partial charge in [-0.25, -0.2) is 8.42 Å². The van der Waals surface area contributed by atoms with E-state index in [1.165, 1.54) is 19.1 Å². The average Bonchev–Trinajstić information content (AvgIpc) is 2.24. The Hall–Kier alpha value is -1.89. The third-order valence-corrected chi connectivity index (χ3v) is 3.38. The summed E-state index contributed by atoms with van der Waals surface area (Å²) >= 11 is 0. The maximum Gasteiger partial charge on any atom is 0.238 e. The maximum atomic E-state index is 11.6. The van der Waals surface area contributed by atoms with Gasteiger partial charge in [0.1, 0.15) is 6.54 Å². The first kappa shape index (κ1) is 14.2. The van der Waals surface area contributed by atoms with Crippen molar-refractivity contribution < 1.29 is 18.0 Å². The molecule has 0 aliphatic carbocycles. The minimum absolute atomic E-state index is 0.190. The number of anilines is 1. The molecule has 2 N–H and O–H groups in total. The third kappa shape index (κ3) is 3.56. The number of nitrogens with zero attached hydrogens (tertiary/aromatic N) is 1. The zero-order valence-corrected chi connectivity index (χ0v) is 10.9. The maximum absolute atomic E-state index is 11.6. The van der Waals surface area contributed by atoms with Crippen LogP contribution in [0.3, 0.4) is 0 Å². The summed E-state index contributed by atoms with van der Waals surface area (Å²) in [7, 11) is -3.63. The van der Waals surface area contributed by atoms with E-state index in [4.69, 9.17) is 5.73 Å². The van der Waals surface area contributed by atoms with Crippen molar-refractivity contribution in [2.24, 2.45) is 5.73 Å². The number of carbonyl (C=O) groups excluding carboxylic acids is 2. The molecule has 0 saturated carbocycles. The SMILES string of the molecule is CC(=O)c1cccc(N(CC(N)=O)S(C)(=O)=O)c1. The van der Waals surface area contributed by atoms with Crippen LogP contribution in [0.25, 0.3) is 0 Å². The van der Waals surface area contributed by atoms with Crippen LogP contribution < -0.4 is 10.0 Å². The first-order chi connectivity index (χ1) is 8.21. The van der Waals surface area contributed by atoms with Gasteiger partial charge in [-0.3, -0.25) is 13.9 Å². The van der Waals surface area contributed by atoms with Gasteiger partial charge in [0.25, 0.3) is 0 Å². The first-order valence-electron chi connectivity index (χ1n) is 5.09. The molecule has 18 heavy (non-hydrogen) atoms. The van der Waals surface area contributed by atoms with Gasteiger partial charge in [-0.05, 0) is 19.1 Å². The lowest BCUT2D eigenvalue weighted by molar-refractivity contribution is -0.116. The van der Waals surface area contributed by atoms with Crippen LogP contribution in [0.4, 0.5) is 5.69 Å². The van der Waals surface area contributed by atoms with Gasteiger partial charge in [-0.1, -0.05) is 12.1 Å². The summed E-state index contributed by atoms with van der Waals surface area (Å²) in [6, 6.07) is 6.02. The minimum Gasteiger partial charge on any atom is -0.368 e. The molecule has 1 amide bonds. The molecule has 6 nitrogen and oxygen atoms in total. The quantitative estimate of drug-likeness (QED) is 0.769. The molecule has 0 saturated heterocycles.